The average Bonchev–Trinajstić information content (AvgIpc) is 3.29. The zero-order chi connectivity index (χ0) is 23.4. The van der Waals surface area contributed by atoms with Crippen LogP contribution in [0.3, 0.4) is 0 Å². The molecule has 1 fully saturated rings. The highest BCUT2D eigenvalue weighted by Crippen LogP contribution is 2.30. The molecule has 6 nitrogen and oxygen atoms in total. The van der Waals surface area contributed by atoms with Crippen LogP contribution < -0.4 is 0 Å². The summed E-state index contributed by atoms with van der Waals surface area (Å²) in [5.74, 6) is -0.338. The molecule has 0 radical (unpaired) electrons. The number of benzene rings is 2. The third-order valence-corrected chi connectivity index (χ3v) is 6.24. The predicted octanol–water partition coefficient (Wildman–Crippen LogP) is 5.07. The maximum Gasteiger partial charge on any atom is 0.358 e. The number of esters is 1. The third-order valence-electron chi connectivity index (χ3n) is 6.24. The van der Waals surface area contributed by atoms with E-state index >= 15 is 0 Å². The third kappa shape index (κ3) is 5.00. The zero-order valence-corrected chi connectivity index (χ0v) is 19.6. The first kappa shape index (κ1) is 22.8. The molecule has 0 spiro atoms. The molecular formula is C27H31N3O3. The Bertz CT molecular complexity index is 1130. The molecule has 1 aliphatic heterocycles. The number of rotatable bonds is 6. The van der Waals surface area contributed by atoms with Crippen LogP contribution in [0.2, 0.25) is 0 Å². The zero-order valence-electron chi connectivity index (χ0n) is 19.6. The fraction of sp³-hybridized carbons (Fsp3) is 0.370. The molecule has 2 heterocycles. The van der Waals surface area contributed by atoms with Crippen LogP contribution in [0.4, 0.5) is 0 Å². The molecule has 0 aliphatic carbocycles. The SMILES string of the molecule is CCOC(=O)c1cc(-c2ccc(CC)cc2)n(C2CCN(C(=O)c3cccc(C)c3)CC2)n1. The van der Waals surface area contributed by atoms with E-state index in [1.54, 1.807) is 6.92 Å². The number of hydrogen-bond acceptors (Lipinski definition) is 4. The maximum atomic E-state index is 13.0. The number of nitrogens with zero attached hydrogens (tertiary/aromatic N) is 3. The number of aryl methyl sites for hydroxylation is 2. The Morgan fingerprint density at radius 2 is 1.76 bits per heavy atom. The minimum absolute atomic E-state index is 0.0696. The minimum Gasteiger partial charge on any atom is -0.461 e. The van der Waals surface area contributed by atoms with Crippen molar-refractivity contribution >= 4 is 11.9 Å². The smallest absolute Gasteiger partial charge is 0.358 e. The number of amides is 1. The number of carbonyl (C=O) groups excluding carboxylic acids is 2. The second-order valence-corrected chi connectivity index (χ2v) is 8.52. The van der Waals surface area contributed by atoms with Gasteiger partial charge in [0.2, 0.25) is 0 Å². The van der Waals surface area contributed by atoms with Crippen molar-refractivity contribution in [1.82, 2.24) is 14.7 Å². The Hall–Kier alpha value is -3.41. The number of aromatic nitrogens is 2. The van der Waals surface area contributed by atoms with Crippen molar-refractivity contribution in [3.05, 3.63) is 77.0 Å². The van der Waals surface area contributed by atoms with E-state index in [2.05, 4.69) is 36.3 Å². The monoisotopic (exact) mass is 445 g/mol. The lowest BCUT2D eigenvalue weighted by molar-refractivity contribution is 0.0517. The number of piperidine rings is 1. The van der Waals surface area contributed by atoms with E-state index in [1.807, 2.05) is 46.8 Å². The lowest BCUT2D eigenvalue weighted by atomic mass is 10.0. The van der Waals surface area contributed by atoms with Crippen LogP contribution in [0.25, 0.3) is 11.3 Å². The molecule has 1 saturated heterocycles. The second-order valence-electron chi connectivity index (χ2n) is 8.52. The van der Waals surface area contributed by atoms with Gasteiger partial charge in [-0.1, -0.05) is 48.9 Å². The number of carbonyl (C=O) groups is 2. The fourth-order valence-corrected chi connectivity index (χ4v) is 4.38. The first-order valence-corrected chi connectivity index (χ1v) is 11.7. The van der Waals surface area contributed by atoms with Crippen LogP contribution in [0.5, 0.6) is 0 Å². The summed E-state index contributed by atoms with van der Waals surface area (Å²) in [4.78, 5) is 27.3. The van der Waals surface area contributed by atoms with Gasteiger partial charge in [0.1, 0.15) is 0 Å². The van der Waals surface area contributed by atoms with Gasteiger partial charge in [0.15, 0.2) is 5.69 Å². The lowest BCUT2D eigenvalue weighted by Crippen LogP contribution is -2.39. The Labute approximate surface area is 195 Å². The van der Waals surface area contributed by atoms with Gasteiger partial charge >= 0.3 is 5.97 Å². The van der Waals surface area contributed by atoms with Crippen LogP contribution >= 0.6 is 0 Å². The first-order valence-electron chi connectivity index (χ1n) is 11.7. The number of hydrogen-bond donors (Lipinski definition) is 0. The fourth-order valence-electron chi connectivity index (χ4n) is 4.38. The van der Waals surface area contributed by atoms with E-state index in [9.17, 15) is 9.59 Å². The van der Waals surface area contributed by atoms with E-state index in [-0.39, 0.29) is 11.9 Å². The molecule has 0 unspecified atom stereocenters. The maximum absolute atomic E-state index is 13.0. The van der Waals surface area contributed by atoms with Gasteiger partial charge in [-0.3, -0.25) is 9.48 Å². The highest BCUT2D eigenvalue weighted by atomic mass is 16.5. The van der Waals surface area contributed by atoms with Crippen LogP contribution in [-0.4, -0.2) is 46.3 Å². The molecular weight excluding hydrogens is 414 g/mol. The molecule has 1 aromatic heterocycles. The van der Waals surface area contributed by atoms with Gasteiger partial charge in [-0.2, -0.15) is 5.10 Å². The van der Waals surface area contributed by atoms with E-state index in [4.69, 9.17) is 4.74 Å². The van der Waals surface area contributed by atoms with E-state index in [1.165, 1.54) is 5.56 Å². The number of likely N-dealkylation sites (tertiary alicyclic amines) is 1. The second kappa shape index (κ2) is 10.0. The van der Waals surface area contributed by atoms with Crippen molar-refractivity contribution in [2.24, 2.45) is 0 Å². The summed E-state index contributed by atoms with van der Waals surface area (Å²) in [6, 6.07) is 18.0. The molecule has 1 amide bonds. The molecule has 33 heavy (non-hydrogen) atoms. The quantitative estimate of drug-likeness (QED) is 0.497. The van der Waals surface area contributed by atoms with E-state index < -0.39 is 5.97 Å². The average molecular weight is 446 g/mol. The molecule has 1 aliphatic rings. The molecule has 172 valence electrons. The normalized spacial score (nSPS) is 14.3. The van der Waals surface area contributed by atoms with Gasteiger partial charge < -0.3 is 9.64 Å². The molecule has 4 rings (SSSR count). The Morgan fingerprint density at radius 3 is 2.39 bits per heavy atom. The van der Waals surface area contributed by atoms with Crippen molar-refractivity contribution in [2.45, 2.75) is 46.1 Å². The van der Waals surface area contributed by atoms with Crippen LogP contribution in [0, 0.1) is 6.92 Å². The molecule has 3 aromatic rings. The lowest BCUT2D eigenvalue weighted by Gasteiger charge is -2.33. The van der Waals surface area contributed by atoms with Crippen LogP contribution in [-0.2, 0) is 11.2 Å². The van der Waals surface area contributed by atoms with Crippen molar-refractivity contribution in [3.63, 3.8) is 0 Å². The minimum atomic E-state index is -0.408. The van der Waals surface area contributed by atoms with Crippen LogP contribution in [0.1, 0.15) is 64.7 Å². The molecule has 6 heteroatoms. The summed E-state index contributed by atoms with van der Waals surface area (Å²) >= 11 is 0. The summed E-state index contributed by atoms with van der Waals surface area (Å²) < 4.78 is 7.16. The van der Waals surface area contributed by atoms with Crippen molar-refractivity contribution in [2.75, 3.05) is 19.7 Å². The van der Waals surface area contributed by atoms with E-state index in [0.717, 1.165) is 41.6 Å². The van der Waals surface area contributed by atoms with Crippen molar-refractivity contribution in [1.29, 1.82) is 0 Å². The van der Waals surface area contributed by atoms with Gasteiger partial charge in [0.25, 0.3) is 5.91 Å². The highest BCUT2D eigenvalue weighted by Gasteiger charge is 2.28. The summed E-state index contributed by atoms with van der Waals surface area (Å²) in [6.07, 6.45) is 2.53. The van der Waals surface area contributed by atoms with Gasteiger partial charge in [0.05, 0.1) is 18.3 Å². The predicted molar refractivity (Wildman–Crippen MR) is 128 cm³/mol. The summed E-state index contributed by atoms with van der Waals surface area (Å²) in [7, 11) is 0. The summed E-state index contributed by atoms with van der Waals surface area (Å²) in [5, 5.41) is 4.65. The van der Waals surface area contributed by atoms with Gasteiger partial charge in [-0.25, -0.2) is 4.79 Å². The molecule has 0 atom stereocenters. The van der Waals surface area contributed by atoms with Crippen molar-refractivity contribution in [3.8, 4) is 11.3 Å². The Balaban J connectivity index is 1.56. The molecule has 0 saturated carbocycles. The molecule has 0 bridgehead atoms. The highest BCUT2D eigenvalue weighted by molar-refractivity contribution is 5.94. The number of ether oxygens (including phenoxy) is 1. The van der Waals surface area contributed by atoms with Gasteiger partial charge in [0, 0.05) is 18.7 Å². The Morgan fingerprint density at radius 1 is 1.03 bits per heavy atom. The topological polar surface area (TPSA) is 64.4 Å². The molecule has 2 aromatic carbocycles. The first-order chi connectivity index (χ1) is 16.0. The van der Waals surface area contributed by atoms with E-state index in [0.29, 0.717) is 25.4 Å². The standard InChI is InChI=1S/C27H31N3O3/c1-4-20-9-11-21(12-10-20)25-18-24(27(32)33-5-2)28-30(25)23-13-15-29(16-14-23)26(31)22-8-6-7-19(3)17-22/h6-12,17-18,23H,4-5,13-16H2,1-3H3. The molecule has 0 N–H and O–H groups in total. The van der Waals surface area contributed by atoms with Crippen LogP contribution in [0.15, 0.2) is 54.6 Å². The Kier molecular flexibility index (Phi) is 6.92. The largest absolute Gasteiger partial charge is 0.461 e. The van der Waals surface area contributed by atoms with Crippen molar-refractivity contribution < 1.29 is 14.3 Å². The van der Waals surface area contributed by atoms with Gasteiger partial charge in [-0.15, -0.1) is 0 Å². The summed E-state index contributed by atoms with van der Waals surface area (Å²) in [5.41, 5.74) is 5.33. The van der Waals surface area contributed by atoms with Gasteiger partial charge in [-0.05, 0) is 62.4 Å². The summed E-state index contributed by atoms with van der Waals surface area (Å²) in [6.45, 7) is 7.53.